The summed E-state index contributed by atoms with van der Waals surface area (Å²) in [5, 5.41) is 0. The van der Waals surface area contributed by atoms with Crippen LogP contribution >= 0.6 is 0 Å². The summed E-state index contributed by atoms with van der Waals surface area (Å²) >= 11 is 0. The molecule has 0 aliphatic rings. The predicted molar refractivity (Wildman–Crippen MR) is 59.1 cm³/mol. The summed E-state index contributed by atoms with van der Waals surface area (Å²) in [4.78, 5) is 0. The molecule has 78 valence electrons. The number of hydrogen-bond acceptors (Lipinski definition) is 2. The summed E-state index contributed by atoms with van der Waals surface area (Å²) in [6.07, 6.45) is 5.31. The molecule has 0 fully saturated rings. The second-order valence-corrected chi connectivity index (χ2v) is 6.45. The first kappa shape index (κ1) is 12.9. The van der Waals surface area contributed by atoms with Crippen molar-refractivity contribution >= 4 is 8.56 Å². The third-order valence-electron chi connectivity index (χ3n) is 1.90. The van der Waals surface area contributed by atoms with E-state index in [0.29, 0.717) is 0 Å². The molecule has 0 heterocycles. The van der Waals surface area contributed by atoms with Crippen molar-refractivity contribution in [3.63, 3.8) is 0 Å². The molecule has 0 aromatic rings. The van der Waals surface area contributed by atoms with Crippen LogP contribution < -0.4 is 0 Å². The molecule has 0 unspecified atom stereocenters. The SMILES string of the molecule is CC=CCC[Si](C)(OCC)OCC. The maximum absolute atomic E-state index is 5.70. The third-order valence-corrected chi connectivity index (χ3v) is 4.90. The maximum Gasteiger partial charge on any atom is 0.335 e. The molecule has 2 nitrogen and oxygen atoms in total. The molecule has 0 rings (SSSR count). The topological polar surface area (TPSA) is 18.5 Å². The molecule has 3 heteroatoms. The maximum atomic E-state index is 5.70. The molecule has 13 heavy (non-hydrogen) atoms. The lowest BCUT2D eigenvalue weighted by atomic mass is 10.4. The molecular formula is C10H22O2Si. The Morgan fingerprint density at radius 2 is 1.69 bits per heavy atom. The molecule has 0 saturated carbocycles. The van der Waals surface area contributed by atoms with Gasteiger partial charge in [0.15, 0.2) is 0 Å². The van der Waals surface area contributed by atoms with Gasteiger partial charge in [-0.1, -0.05) is 12.2 Å². The Morgan fingerprint density at radius 3 is 2.08 bits per heavy atom. The standard InChI is InChI=1S/C10H22O2Si/c1-5-8-9-10-13(4,11-6-2)12-7-3/h5,8H,6-7,9-10H2,1-4H3. The van der Waals surface area contributed by atoms with E-state index in [0.717, 1.165) is 25.7 Å². The minimum absolute atomic E-state index is 0.762. The summed E-state index contributed by atoms with van der Waals surface area (Å²) in [7, 11) is -1.84. The molecule has 0 bridgehead atoms. The van der Waals surface area contributed by atoms with E-state index in [9.17, 15) is 0 Å². The van der Waals surface area contributed by atoms with E-state index in [1.807, 2.05) is 20.8 Å². The van der Waals surface area contributed by atoms with Crippen LogP contribution in [0.15, 0.2) is 12.2 Å². The minimum Gasteiger partial charge on any atom is -0.395 e. The molecule has 0 atom stereocenters. The Balaban J connectivity index is 3.90. The van der Waals surface area contributed by atoms with Gasteiger partial charge in [-0.3, -0.25) is 0 Å². The first-order valence-corrected chi connectivity index (χ1v) is 7.60. The molecule has 0 aliphatic carbocycles. The van der Waals surface area contributed by atoms with Gasteiger partial charge < -0.3 is 8.85 Å². The van der Waals surface area contributed by atoms with Crippen LogP contribution in [0.2, 0.25) is 12.6 Å². The van der Waals surface area contributed by atoms with Crippen LogP contribution in [-0.4, -0.2) is 21.8 Å². The van der Waals surface area contributed by atoms with Gasteiger partial charge in [-0.25, -0.2) is 0 Å². The second-order valence-electron chi connectivity index (χ2n) is 3.11. The van der Waals surface area contributed by atoms with E-state index in [2.05, 4.69) is 18.7 Å². The van der Waals surface area contributed by atoms with Gasteiger partial charge in [0.05, 0.1) is 0 Å². The summed E-state index contributed by atoms with van der Waals surface area (Å²) in [5.41, 5.74) is 0. The van der Waals surface area contributed by atoms with Crippen molar-refractivity contribution in [1.29, 1.82) is 0 Å². The zero-order valence-electron chi connectivity index (χ0n) is 9.30. The highest BCUT2D eigenvalue weighted by Crippen LogP contribution is 2.15. The Labute approximate surface area is 83.2 Å². The Morgan fingerprint density at radius 1 is 1.15 bits per heavy atom. The van der Waals surface area contributed by atoms with E-state index in [1.165, 1.54) is 0 Å². The van der Waals surface area contributed by atoms with E-state index >= 15 is 0 Å². The lowest BCUT2D eigenvalue weighted by Gasteiger charge is -2.25. The molecule has 0 saturated heterocycles. The molecule has 0 radical (unpaired) electrons. The average Bonchev–Trinajstić information content (AvgIpc) is 2.05. The Bertz CT molecular complexity index is 140. The van der Waals surface area contributed by atoms with E-state index in [-0.39, 0.29) is 0 Å². The minimum atomic E-state index is -1.84. The van der Waals surface area contributed by atoms with Crippen molar-refractivity contribution in [2.45, 2.75) is 39.8 Å². The summed E-state index contributed by atoms with van der Waals surface area (Å²) in [6, 6.07) is 1.05. The quantitative estimate of drug-likeness (QED) is 0.466. The third kappa shape index (κ3) is 6.02. The van der Waals surface area contributed by atoms with Crippen LogP contribution in [0.4, 0.5) is 0 Å². The van der Waals surface area contributed by atoms with Gasteiger partial charge in [0.1, 0.15) is 0 Å². The van der Waals surface area contributed by atoms with Crippen molar-refractivity contribution in [2.24, 2.45) is 0 Å². The van der Waals surface area contributed by atoms with E-state index in [4.69, 9.17) is 8.85 Å². The van der Waals surface area contributed by atoms with Crippen molar-refractivity contribution in [3.8, 4) is 0 Å². The van der Waals surface area contributed by atoms with Crippen molar-refractivity contribution in [3.05, 3.63) is 12.2 Å². The van der Waals surface area contributed by atoms with Gasteiger partial charge in [-0.05, 0) is 39.8 Å². The molecule has 0 N–H and O–H groups in total. The van der Waals surface area contributed by atoms with Gasteiger partial charge in [0, 0.05) is 13.2 Å². The lowest BCUT2D eigenvalue weighted by Crippen LogP contribution is -2.38. The van der Waals surface area contributed by atoms with Crippen molar-refractivity contribution in [1.82, 2.24) is 0 Å². The molecule has 0 aromatic heterocycles. The second kappa shape index (κ2) is 7.30. The first-order chi connectivity index (χ1) is 6.18. The Hall–Kier alpha value is -0.123. The van der Waals surface area contributed by atoms with Crippen molar-refractivity contribution in [2.75, 3.05) is 13.2 Å². The van der Waals surface area contributed by atoms with Crippen LogP contribution in [0, 0.1) is 0 Å². The first-order valence-electron chi connectivity index (χ1n) is 5.07. The Kier molecular flexibility index (Phi) is 7.23. The van der Waals surface area contributed by atoms with Gasteiger partial charge in [-0.2, -0.15) is 0 Å². The van der Waals surface area contributed by atoms with Crippen LogP contribution in [0.3, 0.4) is 0 Å². The summed E-state index contributed by atoms with van der Waals surface area (Å²) in [6.45, 7) is 9.76. The average molecular weight is 202 g/mol. The fourth-order valence-electron chi connectivity index (χ4n) is 1.31. The van der Waals surface area contributed by atoms with Crippen LogP contribution in [0.5, 0.6) is 0 Å². The van der Waals surface area contributed by atoms with Crippen LogP contribution in [-0.2, 0) is 8.85 Å². The monoisotopic (exact) mass is 202 g/mol. The highest BCUT2D eigenvalue weighted by molar-refractivity contribution is 6.66. The smallest absolute Gasteiger partial charge is 0.335 e. The van der Waals surface area contributed by atoms with Gasteiger partial charge in [0.2, 0.25) is 0 Å². The fourth-order valence-corrected chi connectivity index (χ4v) is 3.59. The molecule has 0 aromatic carbocycles. The number of hydrogen-bond donors (Lipinski definition) is 0. The molecule has 0 aliphatic heterocycles. The number of allylic oxidation sites excluding steroid dienone is 2. The van der Waals surface area contributed by atoms with E-state index in [1.54, 1.807) is 0 Å². The summed E-state index contributed by atoms with van der Waals surface area (Å²) < 4.78 is 11.4. The highest BCUT2D eigenvalue weighted by atomic mass is 28.4. The molecule has 0 spiro atoms. The zero-order chi connectivity index (χ0) is 10.2. The molecular weight excluding hydrogens is 180 g/mol. The largest absolute Gasteiger partial charge is 0.395 e. The fraction of sp³-hybridized carbons (Fsp3) is 0.800. The van der Waals surface area contributed by atoms with Gasteiger partial charge in [-0.15, -0.1) is 0 Å². The van der Waals surface area contributed by atoms with Crippen molar-refractivity contribution < 1.29 is 8.85 Å². The van der Waals surface area contributed by atoms with Gasteiger partial charge >= 0.3 is 8.56 Å². The van der Waals surface area contributed by atoms with Crippen LogP contribution in [0.1, 0.15) is 27.2 Å². The molecule has 0 amide bonds. The highest BCUT2D eigenvalue weighted by Gasteiger charge is 2.29. The van der Waals surface area contributed by atoms with Crippen LogP contribution in [0.25, 0.3) is 0 Å². The van der Waals surface area contributed by atoms with Gasteiger partial charge in [0.25, 0.3) is 0 Å². The summed E-state index contributed by atoms with van der Waals surface area (Å²) in [5.74, 6) is 0. The zero-order valence-corrected chi connectivity index (χ0v) is 10.3. The predicted octanol–water partition coefficient (Wildman–Crippen LogP) is 3.10. The number of rotatable bonds is 7. The normalized spacial score (nSPS) is 12.6. The van der Waals surface area contributed by atoms with E-state index < -0.39 is 8.56 Å². The lowest BCUT2D eigenvalue weighted by molar-refractivity contribution is 0.189.